The zero-order valence-electron chi connectivity index (χ0n) is 12.1. The van der Waals surface area contributed by atoms with Crippen LogP contribution in [0.25, 0.3) is 16.2 Å². The molecule has 0 atom stereocenters. The number of aromatic carboxylic acids is 1. The van der Waals surface area contributed by atoms with E-state index in [1.807, 2.05) is 0 Å². The van der Waals surface area contributed by atoms with Crippen molar-refractivity contribution in [2.75, 3.05) is 7.11 Å². The molecule has 9 heteroatoms. The lowest BCUT2D eigenvalue weighted by molar-refractivity contribution is -0.385. The van der Waals surface area contributed by atoms with E-state index in [0.717, 1.165) is 11.3 Å². The van der Waals surface area contributed by atoms with Gasteiger partial charge in [0.1, 0.15) is 4.88 Å². The lowest BCUT2D eigenvalue weighted by Crippen LogP contribution is -1.96. The molecule has 0 saturated carbocycles. The van der Waals surface area contributed by atoms with Crippen LogP contribution in [0.1, 0.15) is 15.4 Å². The predicted molar refractivity (Wildman–Crippen MR) is 83.4 cm³/mol. The average Bonchev–Trinajstić information content (AvgIpc) is 3.06. The number of methoxy groups -OCH3 is 1. The van der Waals surface area contributed by atoms with Gasteiger partial charge in [0.25, 0.3) is 0 Å². The molecule has 3 aromatic rings. The fourth-order valence-electron chi connectivity index (χ4n) is 2.28. The van der Waals surface area contributed by atoms with Crippen molar-refractivity contribution in [3.63, 3.8) is 0 Å². The second-order valence-electron chi connectivity index (χ2n) is 4.74. The minimum atomic E-state index is -1.00. The number of carbonyl (C=O) groups is 1. The van der Waals surface area contributed by atoms with Crippen LogP contribution in [-0.2, 0) is 0 Å². The molecule has 0 aliphatic carbocycles. The monoisotopic (exact) mass is 333 g/mol. The average molecular weight is 333 g/mol. The summed E-state index contributed by atoms with van der Waals surface area (Å²) in [5.41, 5.74) is 1.51. The Balaban J connectivity index is 2.12. The highest BCUT2D eigenvalue weighted by molar-refractivity contribution is 7.19. The highest BCUT2D eigenvalue weighted by Gasteiger charge is 2.20. The molecule has 1 aromatic carbocycles. The minimum Gasteiger partial charge on any atom is -0.490 e. The van der Waals surface area contributed by atoms with Gasteiger partial charge in [-0.15, -0.1) is 0 Å². The number of nitro benzene ring substituents is 1. The third-order valence-corrected chi connectivity index (χ3v) is 4.57. The first-order valence-corrected chi connectivity index (χ1v) is 7.28. The summed E-state index contributed by atoms with van der Waals surface area (Å²) in [5.74, 6) is -0.830. The Hall–Kier alpha value is -2.94. The Kier molecular flexibility index (Phi) is 3.49. The summed E-state index contributed by atoms with van der Waals surface area (Å²) < 4.78 is 6.64. The van der Waals surface area contributed by atoms with Crippen LogP contribution in [0.15, 0.2) is 24.4 Å². The molecule has 0 bridgehead atoms. The van der Waals surface area contributed by atoms with Crippen molar-refractivity contribution in [3.05, 3.63) is 45.1 Å². The van der Waals surface area contributed by atoms with Gasteiger partial charge in [-0.3, -0.25) is 14.5 Å². The van der Waals surface area contributed by atoms with Crippen molar-refractivity contribution in [3.8, 4) is 17.0 Å². The Morgan fingerprint density at radius 3 is 2.78 bits per heavy atom. The van der Waals surface area contributed by atoms with Gasteiger partial charge in [0, 0.05) is 23.5 Å². The van der Waals surface area contributed by atoms with Crippen molar-refractivity contribution < 1.29 is 19.6 Å². The molecule has 0 saturated heterocycles. The number of aromatic nitrogens is 2. The molecule has 0 aliphatic rings. The normalized spacial score (nSPS) is 10.9. The van der Waals surface area contributed by atoms with Crippen molar-refractivity contribution >= 4 is 28.0 Å². The van der Waals surface area contributed by atoms with Crippen LogP contribution < -0.4 is 4.74 Å². The zero-order chi connectivity index (χ0) is 16.7. The van der Waals surface area contributed by atoms with E-state index in [2.05, 4.69) is 4.98 Å². The standard InChI is InChI=1S/C14H11N3O5S/c1-7-12(13(18)19)23-14-15-9(6-16(7)14)8-3-4-11(22-2)10(5-8)17(20)21/h3-6H,1-2H3,(H,18,19). The van der Waals surface area contributed by atoms with Gasteiger partial charge in [-0.2, -0.15) is 0 Å². The number of carboxylic acids is 1. The quantitative estimate of drug-likeness (QED) is 0.581. The third-order valence-electron chi connectivity index (χ3n) is 3.42. The maximum atomic E-state index is 11.1. The second kappa shape index (κ2) is 5.36. The van der Waals surface area contributed by atoms with Crippen LogP contribution in [-0.4, -0.2) is 32.5 Å². The molecule has 2 heterocycles. The summed E-state index contributed by atoms with van der Waals surface area (Å²) in [6, 6.07) is 4.57. The van der Waals surface area contributed by atoms with Crippen LogP contribution in [0.3, 0.4) is 0 Å². The fraction of sp³-hybridized carbons (Fsp3) is 0.143. The fourth-order valence-corrected chi connectivity index (χ4v) is 3.23. The Labute approximate surface area is 133 Å². The van der Waals surface area contributed by atoms with E-state index in [1.165, 1.54) is 19.2 Å². The van der Waals surface area contributed by atoms with Crippen molar-refractivity contribution in [2.24, 2.45) is 0 Å². The molecule has 0 unspecified atom stereocenters. The van der Waals surface area contributed by atoms with E-state index < -0.39 is 10.9 Å². The largest absolute Gasteiger partial charge is 0.490 e. The summed E-state index contributed by atoms with van der Waals surface area (Å²) in [5, 5.41) is 20.2. The van der Waals surface area contributed by atoms with Crippen LogP contribution in [0.2, 0.25) is 0 Å². The molecule has 0 radical (unpaired) electrons. The van der Waals surface area contributed by atoms with E-state index in [0.29, 0.717) is 21.9 Å². The van der Waals surface area contributed by atoms with Crippen LogP contribution >= 0.6 is 11.3 Å². The molecule has 3 rings (SSSR count). The maximum Gasteiger partial charge on any atom is 0.347 e. The minimum absolute atomic E-state index is 0.149. The summed E-state index contributed by atoms with van der Waals surface area (Å²) in [4.78, 5) is 26.8. The number of carboxylic acid groups (broad SMARTS) is 1. The third kappa shape index (κ3) is 2.40. The molecule has 0 aliphatic heterocycles. The van der Waals surface area contributed by atoms with E-state index in [9.17, 15) is 14.9 Å². The van der Waals surface area contributed by atoms with E-state index in [4.69, 9.17) is 9.84 Å². The number of benzene rings is 1. The zero-order valence-corrected chi connectivity index (χ0v) is 13.0. The topological polar surface area (TPSA) is 107 Å². The van der Waals surface area contributed by atoms with Gasteiger partial charge < -0.3 is 9.84 Å². The van der Waals surface area contributed by atoms with Gasteiger partial charge in [0.15, 0.2) is 10.7 Å². The Bertz CT molecular complexity index is 943. The number of ether oxygens (including phenoxy) is 1. The molecule has 0 spiro atoms. The van der Waals surface area contributed by atoms with Crippen molar-refractivity contribution in [1.29, 1.82) is 0 Å². The van der Waals surface area contributed by atoms with Crippen molar-refractivity contribution in [2.45, 2.75) is 6.92 Å². The molecular formula is C14H11N3O5S. The first-order valence-electron chi connectivity index (χ1n) is 6.47. The van der Waals surface area contributed by atoms with Crippen molar-refractivity contribution in [1.82, 2.24) is 9.38 Å². The van der Waals surface area contributed by atoms with Crippen LogP contribution in [0.5, 0.6) is 5.75 Å². The van der Waals surface area contributed by atoms with E-state index in [1.54, 1.807) is 23.6 Å². The number of nitrogens with zero attached hydrogens (tertiary/aromatic N) is 3. The molecule has 0 amide bonds. The number of fused-ring (bicyclic) bond motifs is 1. The number of hydrogen-bond donors (Lipinski definition) is 1. The number of hydrogen-bond acceptors (Lipinski definition) is 6. The van der Waals surface area contributed by atoms with Gasteiger partial charge in [-0.05, 0) is 19.1 Å². The summed E-state index contributed by atoms with van der Waals surface area (Å²) >= 11 is 1.06. The lowest BCUT2D eigenvalue weighted by atomic mass is 10.1. The molecule has 8 nitrogen and oxygen atoms in total. The van der Waals surface area contributed by atoms with Crippen LogP contribution in [0.4, 0.5) is 5.69 Å². The highest BCUT2D eigenvalue weighted by Crippen LogP contribution is 2.33. The molecular weight excluding hydrogens is 322 g/mol. The van der Waals surface area contributed by atoms with Gasteiger partial charge in [0.05, 0.1) is 17.7 Å². The number of thiazole rings is 1. The first-order chi connectivity index (χ1) is 10.9. The Morgan fingerprint density at radius 1 is 1.48 bits per heavy atom. The van der Waals surface area contributed by atoms with Crippen LogP contribution in [0, 0.1) is 17.0 Å². The van der Waals surface area contributed by atoms with Gasteiger partial charge in [-0.25, -0.2) is 9.78 Å². The molecule has 118 valence electrons. The highest BCUT2D eigenvalue weighted by atomic mass is 32.1. The molecule has 1 N–H and O–H groups in total. The SMILES string of the molecule is COc1ccc(-c2cn3c(C)c(C(=O)O)sc3n2)cc1[N+](=O)[O-]. The number of rotatable bonds is 4. The second-order valence-corrected chi connectivity index (χ2v) is 5.72. The smallest absolute Gasteiger partial charge is 0.347 e. The van der Waals surface area contributed by atoms with E-state index >= 15 is 0 Å². The number of aryl methyl sites for hydroxylation is 1. The summed E-state index contributed by atoms with van der Waals surface area (Å²) in [6.07, 6.45) is 1.67. The molecule has 2 aromatic heterocycles. The van der Waals surface area contributed by atoms with Gasteiger partial charge in [0.2, 0.25) is 0 Å². The van der Waals surface area contributed by atoms with E-state index in [-0.39, 0.29) is 16.3 Å². The summed E-state index contributed by atoms with van der Waals surface area (Å²) in [6.45, 7) is 1.69. The molecule has 0 fully saturated rings. The maximum absolute atomic E-state index is 11.1. The first kappa shape index (κ1) is 15.0. The molecule has 23 heavy (non-hydrogen) atoms. The Morgan fingerprint density at radius 2 is 2.22 bits per heavy atom. The number of nitro groups is 1. The van der Waals surface area contributed by atoms with Gasteiger partial charge >= 0.3 is 11.7 Å². The van der Waals surface area contributed by atoms with Gasteiger partial charge in [-0.1, -0.05) is 11.3 Å². The number of imidazole rings is 1. The summed E-state index contributed by atoms with van der Waals surface area (Å²) in [7, 11) is 1.37. The lowest BCUT2D eigenvalue weighted by Gasteiger charge is -2.03. The predicted octanol–water partition coefficient (Wildman–Crippen LogP) is 2.99.